The van der Waals surface area contributed by atoms with E-state index >= 15 is 0 Å². The van der Waals surface area contributed by atoms with Crippen LogP contribution in [0.25, 0.3) is 10.4 Å². The Hall–Kier alpha value is -2.09. The van der Waals surface area contributed by atoms with Crippen LogP contribution in [0.15, 0.2) is 20.9 Å². The van der Waals surface area contributed by atoms with E-state index in [1.165, 1.54) is 10.8 Å². The third-order valence-corrected chi connectivity index (χ3v) is 3.27. The number of ether oxygens (including phenoxy) is 1. The largest absolute Gasteiger partial charge is 0.384 e. The summed E-state index contributed by atoms with van der Waals surface area (Å²) in [5.41, 5.74) is 7.79. The lowest BCUT2D eigenvalue weighted by molar-refractivity contribution is -0.0582. The van der Waals surface area contributed by atoms with Crippen molar-refractivity contribution in [2.75, 3.05) is 0 Å². The van der Waals surface area contributed by atoms with E-state index in [4.69, 9.17) is 10.3 Å². The second kappa shape index (κ2) is 5.91. The zero-order valence-corrected chi connectivity index (χ0v) is 10.9. The molecule has 1 saturated heterocycles. The predicted octanol–water partition coefficient (Wildman–Crippen LogP) is 0.405. The average molecular weight is 281 g/mol. The van der Waals surface area contributed by atoms with Gasteiger partial charge in [-0.15, -0.1) is 0 Å². The molecule has 2 N–H and O–H groups in total. The minimum atomic E-state index is -1.28. The van der Waals surface area contributed by atoms with Crippen LogP contribution in [0.3, 0.4) is 0 Å². The number of aromatic amines is 1. The fraction of sp³-hybridized carbons (Fsp3) is 0.636. The summed E-state index contributed by atoms with van der Waals surface area (Å²) in [6, 6.07) is 0. The highest BCUT2D eigenvalue weighted by molar-refractivity contribution is 5.04. The number of azide groups is 1. The summed E-state index contributed by atoms with van der Waals surface area (Å²) in [6.07, 6.45) is 0.379. The Bertz CT molecular complexity index is 645. The van der Waals surface area contributed by atoms with Gasteiger partial charge in [-0.2, -0.15) is 0 Å². The summed E-state index contributed by atoms with van der Waals surface area (Å²) in [4.78, 5) is 28.0. The van der Waals surface area contributed by atoms with Gasteiger partial charge in [0.2, 0.25) is 0 Å². The van der Waals surface area contributed by atoms with Crippen molar-refractivity contribution in [1.82, 2.24) is 9.55 Å². The monoisotopic (exact) mass is 281 g/mol. The Morgan fingerprint density at radius 3 is 3.05 bits per heavy atom. The SMILES string of the molecule is CCc1cn([C@H]2CC[C@@H](C(O)N=[N+]=[N-])O2)c(=O)[nH]c1=O. The van der Waals surface area contributed by atoms with Crippen LogP contribution in [0.4, 0.5) is 0 Å². The molecule has 0 aliphatic carbocycles. The number of rotatable bonds is 4. The van der Waals surface area contributed by atoms with E-state index in [9.17, 15) is 14.7 Å². The van der Waals surface area contributed by atoms with E-state index in [-0.39, 0.29) is 0 Å². The Morgan fingerprint density at radius 1 is 1.65 bits per heavy atom. The molecular formula is C11H15N5O4. The van der Waals surface area contributed by atoms with Crippen molar-refractivity contribution in [3.05, 3.63) is 43.0 Å². The van der Waals surface area contributed by atoms with Gasteiger partial charge in [-0.25, -0.2) is 4.79 Å². The maximum Gasteiger partial charge on any atom is 0.330 e. The van der Waals surface area contributed by atoms with Crippen molar-refractivity contribution in [2.24, 2.45) is 5.11 Å². The molecule has 1 aromatic rings. The van der Waals surface area contributed by atoms with E-state index in [2.05, 4.69) is 15.0 Å². The maximum absolute atomic E-state index is 11.8. The van der Waals surface area contributed by atoms with E-state index < -0.39 is 29.8 Å². The molecule has 1 unspecified atom stereocenters. The number of H-pyrrole nitrogens is 1. The number of nitrogens with zero attached hydrogens (tertiary/aromatic N) is 4. The molecule has 3 atom stereocenters. The van der Waals surface area contributed by atoms with Gasteiger partial charge in [0.25, 0.3) is 5.56 Å². The molecule has 9 nitrogen and oxygen atoms in total. The summed E-state index contributed by atoms with van der Waals surface area (Å²) in [6.45, 7) is 1.81. The van der Waals surface area contributed by atoms with E-state index in [0.29, 0.717) is 24.8 Å². The summed E-state index contributed by atoms with van der Waals surface area (Å²) in [7, 11) is 0. The molecule has 0 spiro atoms. The van der Waals surface area contributed by atoms with Gasteiger partial charge in [0.15, 0.2) is 6.23 Å². The van der Waals surface area contributed by atoms with Gasteiger partial charge >= 0.3 is 5.69 Å². The van der Waals surface area contributed by atoms with Gasteiger partial charge in [-0.3, -0.25) is 14.3 Å². The number of hydrogen-bond acceptors (Lipinski definition) is 5. The van der Waals surface area contributed by atoms with Gasteiger partial charge in [0.1, 0.15) is 6.23 Å². The van der Waals surface area contributed by atoms with Crippen LogP contribution >= 0.6 is 0 Å². The first-order valence-electron chi connectivity index (χ1n) is 6.29. The normalized spacial score (nSPS) is 23.3. The molecule has 0 saturated carbocycles. The zero-order chi connectivity index (χ0) is 14.7. The lowest BCUT2D eigenvalue weighted by atomic mass is 10.2. The van der Waals surface area contributed by atoms with Crippen LogP contribution in [0.5, 0.6) is 0 Å². The number of aliphatic hydroxyl groups excluding tert-OH is 1. The van der Waals surface area contributed by atoms with Crippen molar-refractivity contribution in [3.63, 3.8) is 0 Å². The van der Waals surface area contributed by atoms with E-state index in [1.54, 1.807) is 0 Å². The van der Waals surface area contributed by atoms with Gasteiger partial charge in [-0.05, 0) is 24.8 Å². The highest BCUT2D eigenvalue weighted by Crippen LogP contribution is 2.29. The summed E-state index contributed by atoms with van der Waals surface area (Å²) in [5.74, 6) is 0. The Morgan fingerprint density at radius 2 is 2.40 bits per heavy atom. The average Bonchev–Trinajstić information content (AvgIpc) is 2.89. The molecule has 2 rings (SSSR count). The van der Waals surface area contributed by atoms with Crippen LogP contribution in [0.1, 0.15) is 31.6 Å². The van der Waals surface area contributed by atoms with Crippen LogP contribution in [-0.4, -0.2) is 27.0 Å². The molecular weight excluding hydrogens is 266 g/mol. The molecule has 0 radical (unpaired) electrons. The van der Waals surface area contributed by atoms with Crippen molar-refractivity contribution >= 4 is 0 Å². The van der Waals surface area contributed by atoms with Crippen molar-refractivity contribution in [3.8, 4) is 0 Å². The first-order chi connectivity index (χ1) is 9.56. The number of hydrogen-bond donors (Lipinski definition) is 2. The van der Waals surface area contributed by atoms with E-state index in [1.807, 2.05) is 6.92 Å². The van der Waals surface area contributed by atoms with Gasteiger partial charge in [0, 0.05) is 16.7 Å². The van der Waals surface area contributed by atoms with Gasteiger partial charge < -0.3 is 9.84 Å². The standard InChI is InChI=1S/C11H15N5O4/c1-2-6-5-16(11(19)13-9(6)17)8-4-3-7(20-8)10(18)14-15-12/h5,7-8,10,18H,2-4H2,1H3,(H,13,17,19)/t7-,8+,10?/m0/s1. The molecule has 108 valence electrons. The highest BCUT2D eigenvalue weighted by atomic mass is 16.5. The summed E-state index contributed by atoms with van der Waals surface area (Å²) in [5, 5.41) is 12.7. The fourth-order valence-corrected chi connectivity index (χ4v) is 2.19. The highest BCUT2D eigenvalue weighted by Gasteiger charge is 2.31. The lowest BCUT2D eigenvalue weighted by Crippen LogP contribution is -2.34. The minimum Gasteiger partial charge on any atom is -0.384 e. The predicted molar refractivity (Wildman–Crippen MR) is 69.0 cm³/mol. The molecule has 1 aliphatic rings. The molecule has 0 bridgehead atoms. The van der Waals surface area contributed by atoms with Gasteiger partial charge in [-0.1, -0.05) is 12.0 Å². The minimum absolute atomic E-state index is 0.405. The first kappa shape index (κ1) is 14.3. The van der Waals surface area contributed by atoms with Crippen molar-refractivity contribution in [1.29, 1.82) is 0 Å². The first-order valence-corrected chi connectivity index (χ1v) is 6.29. The van der Waals surface area contributed by atoms with Crippen LogP contribution in [0, 0.1) is 0 Å². The van der Waals surface area contributed by atoms with E-state index in [0.717, 1.165) is 0 Å². The van der Waals surface area contributed by atoms with Gasteiger partial charge in [0.05, 0.1) is 6.10 Å². The molecule has 0 aromatic carbocycles. The molecule has 0 amide bonds. The Balaban J connectivity index is 2.24. The number of aryl methyl sites for hydroxylation is 1. The summed E-state index contributed by atoms with van der Waals surface area (Å²) >= 11 is 0. The van der Waals surface area contributed by atoms with Crippen molar-refractivity contribution < 1.29 is 9.84 Å². The fourth-order valence-electron chi connectivity index (χ4n) is 2.19. The second-order valence-corrected chi connectivity index (χ2v) is 4.50. The van der Waals surface area contributed by atoms with Crippen molar-refractivity contribution in [2.45, 2.75) is 44.7 Å². The molecule has 1 fully saturated rings. The molecule has 1 aromatic heterocycles. The molecule has 1 aliphatic heterocycles. The smallest absolute Gasteiger partial charge is 0.330 e. The Kier molecular flexibility index (Phi) is 4.23. The lowest BCUT2D eigenvalue weighted by Gasteiger charge is -2.17. The molecule has 2 heterocycles. The van der Waals surface area contributed by atoms with Crippen LogP contribution in [-0.2, 0) is 11.2 Å². The zero-order valence-electron chi connectivity index (χ0n) is 10.9. The second-order valence-electron chi connectivity index (χ2n) is 4.50. The maximum atomic E-state index is 11.8. The third-order valence-electron chi connectivity index (χ3n) is 3.27. The van der Waals surface area contributed by atoms with Crippen LogP contribution < -0.4 is 11.2 Å². The topological polar surface area (TPSA) is 133 Å². The summed E-state index contributed by atoms with van der Waals surface area (Å²) < 4.78 is 6.80. The third kappa shape index (κ3) is 2.74. The number of aliphatic hydroxyl groups is 1. The number of nitrogens with one attached hydrogen (secondary N) is 1. The molecule has 9 heteroatoms. The van der Waals surface area contributed by atoms with Crippen LogP contribution in [0.2, 0.25) is 0 Å². The quantitative estimate of drug-likeness (QED) is 0.469. The molecule has 20 heavy (non-hydrogen) atoms. The number of aromatic nitrogens is 2. The Labute approximate surface area is 113 Å².